The third-order valence-corrected chi connectivity index (χ3v) is 7.29. The first-order valence-corrected chi connectivity index (χ1v) is 13.5. The van der Waals surface area contributed by atoms with E-state index in [-0.39, 0.29) is 45.9 Å². The van der Waals surface area contributed by atoms with Gasteiger partial charge in [-0.15, -0.1) is 0 Å². The Labute approximate surface area is 240 Å². The Balaban J connectivity index is 1.82. The fourth-order valence-electron chi connectivity index (χ4n) is 4.66. The molecule has 4 rings (SSSR count). The molecule has 2 fully saturated rings. The zero-order valence-corrected chi connectivity index (χ0v) is 23.1. The van der Waals surface area contributed by atoms with Gasteiger partial charge in [0.15, 0.2) is 0 Å². The van der Waals surface area contributed by atoms with Crippen molar-refractivity contribution in [1.82, 2.24) is 9.80 Å². The van der Waals surface area contributed by atoms with E-state index in [2.05, 4.69) is 0 Å². The molecule has 2 aromatic rings. The van der Waals surface area contributed by atoms with Crippen molar-refractivity contribution in [3.05, 3.63) is 66.7 Å². The van der Waals surface area contributed by atoms with Gasteiger partial charge in [0, 0.05) is 37.4 Å². The normalized spacial score (nSPS) is 16.4. The van der Waals surface area contributed by atoms with Crippen LogP contribution in [0.15, 0.2) is 36.4 Å². The molecule has 0 bridgehead atoms. The highest BCUT2D eigenvalue weighted by molar-refractivity contribution is 6.35. The van der Waals surface area contributed by atoms with Crippen LogP contribution in [0.5, 0.6) is 0 Å². The van der Waals surface area contributed by atoms with Crippen LogP contribution in [0.1, 0.15) is 19.3 Å². The maximum Gasteiger partial charge on any atom is 0.271 e. The Kier molecular flexibility index (Phi) is 9.87. The van der Waals surface area contributed by atoms with Gasteiger partial charge in [-0.2, -0.15) is 0 Å². The molecule has 2 amide bonds. The lowest BCUT2D eigenvalue weighted by Crippen LogP contribution is -2.57. The molecular weight excluding hydrogens is 567 g/mol. The number of nitrogens with zero attached hydrogens (tertiary/aromatic N) is 6. The predicted octanol–water partition coefficient (Wildman–Crippen LogP) is 3.91. The van der Waals surface area contributed by atoms with Gasteiger partial charge in [-0.25, -0.2) is 10.0 Å². The van der Waals surface area contributed by atoms with Gasteiger partial charge >= 0.3 is 0 Å². The molecule has 0 aromatic heterocycles. The number of ether oxygens (including phenoxy) is 1. The third kappa shape index (κ3) is 7.04. The van der Waals surface area contributed by atoms with E-state index in [0.717, 1.165) is 41.4 Å². The van der Waals surface area contributed by atoms with Gasteiger partial charge in [-0.1, -0.05) is 29.6 Å². The summed E-state index contributed by atoms with van der Waals surface area (Å²) in [4.78, 5) is 53.2. The molecule has 0 atom stereocenters. The van der Waals surface area contributed by atoms with E-state index in [1.54, 1.807) is 0 Å². The molecule has 0 spiro atoms. The average molecular weight is 595 g/mol. The number of anilines is 2. The van der Waals surface area contributed by atoms with E-state index in [1.165, 1.54) is 24.3 Å². The van der Waals surface area contributed by atoms with Crippen LogP contribution in [0, 0.1) is 20.2 Å². The first-order chi connectivity index (χ1) is 19.2. The smallest absolute Gasteiger partial charge is 0.271 e. The third-order valence-electron chi connectivity index (χ3n) is 6.68. The summed E-state index contributed by atoms with van der Waals surface area (Å²) in [7, 11) is 0. The number of nitro benzene ring substituents is 2. The van der Waals surface area contributed by atoms with Gasteiger partial charge in [-0.05, 0) is 38.1 Å². The highest BCUT2D eigenvalue weighted by atomic mass is 35.5. The van der Waals surface area contributed by atoms with Crippen LogP contribution >= 0.6 is 23.2 Å². The quantitative estimate of drug-likeness (QED) is 0.328. The second kappa shape index (κ2) is 13.3. The topological polar surface area (TPSA) is 143 Å². The predicted molar refractivity (Wildman–Crippen MR) is 149 cm³/mol. The van der Waals surface area contributed by atoms with Gasteiger partial charge in [0.2, 0.25) is 0 Å². The minimum atomic E-state index is -0.623. The molecular formula is C25H28Cl2N6O7. The van der Waals surface area contributed by atoms with Gasteiger partial charge in [0.05, 0.1) is 57.6 Å². The van der Waals surface area contributed by atoms with Crippen molar-refractivity contribution in [3.63, 3.8) is 0 Å². The molecule has 0 saturated carbocycles. The minimum Gasteiger partial charge on any atom is -0.379 e. The van der Waals surface area contributed by atoms with Crippen LogP contribution in [-0.2, 0) is 14.3 Å². The second-order valence-corrected chi connectivity index (χ2v) is 10.2. The van der Waals surface area contributed by atoms with Gasteiger partial charge in [0.25, 0.3) is 23.2 Å². The van der Waals surface area contributed by atoms with Crippen molar-refractivity contribution in [2.24, 2.45) is 0 Å². The van der Waals surface area contributed by atoms with E-state index in [9.17, 15) is 29.8 Å². The van der Waals surface area contributed by atoms with Crippen LogP contribution in [0.2, 0.25) is 10.0 Å². The van der Waals surface area contributed by atoms with E-state index in [4.69, 9.17) is 27.9 Å². The van der Waals surface area contributed by atoms with Crippen molar-refractivity contribution in [2.45, 2.75) is 19.3 Å². The lowest BCUT2D eigenvalue weighted by atomic mass is 10.1. The number of carbonyl (C=O) groups is 2. The summed E-state index contributed by atoms with van der Waals surface area (Å²) in [5, 5.41) is 24.6. The fourth-order valence-corrected chi connectivity index (χ4v) is 5.17. The number of halogens is 2. The van der Waals surface area contributed by atoms with Crippen LogP contribution in [-0.4, -0.2) is 83.9 Å². The summed E-state index contributed by atoms with van der Waals surface area (Å²) in [5.74, 6) is -1.08. The number of nitro groups is 2. The number of non-ortho nitro benzene ring substituents is 2. The van der Waals surface area contributed by atoms with Crippen molar-refractivity contribution < 1.29 is 24.2 Å². The largest absolute Gasteiger partial charge is 0.379 e. The number of benzene rings is 2. The fraction of sp³-hybridized carbons (Fsp3) is 0.440. The molecule has 2 aliphatic rings. The van der Waals surface area contributed by atoms with Crippen LogP contribution in [0.25, 0.3) is 0 Å². The van der Waals surface area contributed by atoms with E-state index in [0.29, 0.717) is 39.4 Å². The molecule has 0 N–H and O–H groups in total. The summed E-state index contributed by atoms with van der Waals surface area (Å²) in [6, 6.07) is 7.14. The van der Waals surface area contributed by atoms with Crippen molar-refractivity contribution in [1.29, 1.82) is 0 Å². The molecule has 13 nitrogen and oxygen atoms in total. The molecule has 2 saturated heterocycles. The van der Waals surface area contributed by atoms with E-state index < -0.39 is 21.7 Å². The molecule has 0 radical (unpaired) electrons. The molecule has 214 valence electrons. The molecule has 0 unspecified atom stereocenters. The number of likely N-dealkylation sites (tertiary alicyclic amines) is 1. The standard InChI is InChI=1S/C25H28Cl2N6O7/c26-20-14-18(32(36)37)4-6-22(20)30(24(34)16-28-8-2-1-3-9-28)31(25(35)17-29-10-12-40-13-11-29)23-7-5-19(33(38)39)15-21(23)27/h4-7,14-15H,1-3,8-13,16-17H2. The zero-order chi connectivity index (χ0) is 28.8. The number of hydrogen-bond acceptors (Lipinski definition) is 9. The average Bonchev–Trinajstić information content (AvgIpc) is 2.93. The zero-order valence-electron chi connectivity index (χ0n) is 21.5. The van der Waals surface area contributed by atoms with E-state index in [1.807, 2.05) is 9.80 Å². The molecule has 2 aliphatic heterocycles. The lowest BCUT2D eigenvalue weighted by molar-refractivity contribution is -0.385. The highest BCUT2D eigenvalue weighted by Gasteiger charge is 2.35. The number of amides is 2. The SMILES string of the molecule is O=C(CN1CCCCC1)N(c1ccc([N+](=O)[O-])cc1Cl)N(C(=O)CN1CCOCC1)c1ccc([N+](=O)[O-])cc1Cl. The number of hydrazine groups is 1. The molecule has 15 heteroatoms. The molecule has 2 heterocycles. The minimum absolute atomic E-state index is 0.0203. The van der Waals surface area contributed by atoms with Crippen molar-refractivity contribution >= 4 is 57.8 Å². The number of hydrogen-bond donors (Lipinski definition) is 0. The number of piperidine rings is 1. The summed E-state index contributed by atoms with van der Waals surface area (Å²) >= 11 is 13.0. The van der Waals surface area contributed by atoms with Crippen LogP contribution in [0.4, 0.5) is 22.7 Å². The number of morpholine rings is 1. The van der Waals surface area contributed by atoms with Gasteiger partial charge < -0.3 is 4.74 Å². The monoisotopic (exact) mass is 594 g/mol. The molecule has 0 aliphatic carbocycles. The van der Waals surface area contributed by atoms with Crippen molar-refractivity contribution in [3.8, 4) is 0 Å². The first-order valence-electron chi connectivity index (χ1n) is 12.7. The van der Waals surface area contributed by atoms with Gasteiger partial charge in [-0.3, -0.25) is 39.6 Å². The lowest BCUT2D eigenvalue weighted by Gasteiger charge is -2.38. The highest BCUT2D eigenvalue weighted by Crippen LogP contribution is 2.37. The Morgan fingerprint density at radius 2 is 1.18 bits per heavy atom. The number of rotatable bonds is 8. The summed E-state index contributed by atoms with van der Waals surface area (Å²) < 4.78 is 5.37. The summed E-state index contributed by atoms with van der Waals surface area (Å²) in [6.07, 6.45) is 2.88. The molecule has 40 heavy (non-hydrogen) atoms. The Morgan fingerprint density at radius 1 is 0.750 bits per heavy atom. The Hall–Kier alpha value is -3.36. The molecule has 2 aromatic carbocycles. The summed E-state index contributed by atoms with van der Waals surface area (Å²) in [6.45, 7) is 3.02. The van der Waals surface area contributed by atoms with E-state index >= 15 is 0 Å². The van der Waals surface area contributed by atoms with Gasteiger partial charge in [0.1, 0.15) is 0 Å². The maximum absolute atomic E-state index is 14.0. The van der Waals surface area contributed by atoms with Crippen LogP contribution in [0.3, 0.4) is 0 Å². The maximum atomic E-state index is 14.0. The first kappa shape index (κ1) is 29.6. The second-order valence-electron chi connectivity index (χ2n) is 9.42. The van der Waals surface area contributed by atoms with Crippen LogP contribution < -0.4 is 10.0 Å². The van der Waals surface area contributed by atoms with Crippen molar-refractivity contribution in [2.75, 3.05) is 62.5 Å². The number of carbonyl (C=O) groups excluding carboxylic acids is 2. The summed E-state index contributed by atoms with van der Waals surface area (Å²) in [5.41, 5.74) is -0.545. The Bertz CT molecular complexity index is 1190. The Morgan fingerprint density at radius 3 is 1.57 bits per heavy atom.